The van der Waals surface area contributed by atoms with Gasteiger partial charge in [-0.3, -0.25) is 14.6 Å². The van der Waals surface area contributed by atoms with Crippen molar-refractivity contribution in [3.8, 4) is 5.75 Å². The number of rotatable bonds is 4. The summed E-state index contributed by atoms with van der Waals surface area (Å²) in [4.78, 5) is 31.6. The molecule has 2 aliphatic heterocycles. The van der Waals surface area contributed by atoms with Gasteiger partial charge < -0.3 is 14.7 Å². The van der Waals surface area contributed by atoms with Crippen molar-refractivity contribution in [1.82, 2.24) is 9.88 Å². The summed E-state index contributed by atoms with van der Waals surface area (Å²) in [6, 6.07) is 13.5. The molecule has 1 saturated heterocycles. The zero-order valence-corrected chi connectivity index (χ0v) is 17.7. The number of amides is 1. The molecule has 1 fully saturated rings. The molecular formula is C26H21FN2O4. The highest BCUT2D eigenvalue weighted by molar-refractivity contribution is 6.46. The first-order valence-corrected chi connectivity index (χ1v) is 10.7. The van der Waals surface area contributed by atoms with Gasteiger partial charge in [-0.25, -0.2) is 4.39 Å². The van der Waals surface area contributed by atoms with E-state index in [0.717, 1.165) is 29.7 Å². The zero-order valence-electron chi connectivity index (χ0n) is 17.7. The summed E-state index contributed by atoms with van der Waals surface area (Å²) >= 11 is 0. The summed E-state index contributed by atoms with van der Waals surface area (Å²) in [6.45, 7) is 0.785. The minimum absolute atomic E-state index is 0.0163. The van der Waals surface area contributed by atoms with E-state index in [-0.39, 0.29) is 17.9 Å². The number of pyridine rings is 1. The first-order valence-electron chi connectivity index (χ1n) is 10.7. The van der Waals surface area contributed by atoms with Crippen LogP contribution in [0.5, 0.6) is 5.75 Å². The number of ether oxygens (including phenoxy) is 1. The van der Waals surface area contributed by atoms with Crippen LogP contribution < -0.4 is 4.74 Å². The molecular weight excluding hydrogens is 423 g/mol. The fraction of sp³-hybridized carbons (Fsp3) is 0.192. The number of halogens is 1. The molecule has 0 radical (unpaired) electrons. The molecule has 0 spiro atoms. The predicted molar refractivity (Wildman–Crippen MR) is 119 cm³/mol. The van der Waals surface area contributed by atoms with E-state index in [2.05, 4.69) is 4.98 Å². The second-order valence-corrected chi connectivity index (χ2v) is 8.11. The molecule has 166 valence electrons. The molecule has 33 heavy (non-hydrogen) atoms. The lowest BCUT2D eigenvalue weighted by Gasteiger charge is -2.25. The van der Waals surface area contributed by atoms with Crippen LogP contribution in [0.2, 0.25) is 0 Å². The number of fused-ring (bicyclic) bond motifs is 1. The van der Waals surface area contributed by atoms with Gasteiger partial charge in [-0.1, -0.05) is 12.1 Å². The van der Waals surface area contributed by atoms with Crippen molar-refractivity contribution in [1.29, 1.82) is 0 Å². The standard InChI is InChI=1S/C26H21FN2O4/c27-20-6-3-17(4-7-20)23-22(24(30)19-5-8-21-18(14-19)2-1-13-33-21)25(31)26(32)29(23)15-16-9-11-28-12-10-16/h3-12,14,23,30H,1-2,13,15H2/b24-22-. The Morgan fingerprint density at radius 3 is 2.61 bits per heavy atom. The maximum atomic E-state index is 13.6. The first-order chi connectivity index (χ1) is 16.0. The monoisotopic (exact) mass is 444 g/mol. The third-order valence-corrected chi connectivity index (χ3v) is 6.01. The summed E-state index contributed by atoms with van der Waals surface area (Å²) in [7, 11) is 0. The van der Waals surface area contributed by atoms with Crippen LogP contribution in [0.15, 0.2) is 72.6 Å². The van der Waals surface area contributed by atoms with E-state index in [4.69, 9.17) is 4.74 Å². The van der Waals surface area contributed by atoms with Crippen molar-refractivity contribution < 1.29 is 23.8 Å². The van der Waals surface area contributed by atoms with Gasteiger partial charge in [0.1, 0.15) is 17.3 Å². The number of carbonyl (C=O) groups excluding carboxylic acids is 2. The Balaban J connectivity index is 1.63. The zero-order chi connectivity index (χ0) is 22.9. The van der Waals surface area contributed by atoms with Crippen LogP contribution in [0.25, 0.3) is 5.76 Å². The molecule has 0 saturated carbocycles. The quantitative estimate of drug-likeness (QED) is 0.371. The van der Waals surface area contributed by atoms with E-state index < -0.39 is 23.5 Å². The smallest absolute Gasteiger partial charge is 0.295 e. The van der Waals surface area contributed by atoms with Crippen LogP contribution in [0.3, 0.4) is 0 Å². The maximum absolute atomic E-state index is 13.6. The summed E-state index contributed by atoms with van der Waals surface area (Å²) < 4.78 is 19.3. The van der Waals surface area contributed by atoms with Crippen molar-refractivity contribution in [2.24, 2.45) is 0 Å². The van der Waals surface area contributed by atoms with Gasteiger partial charge in [0, 0.05) is 24.5 Å². The van der Waals surface area contributed by atoms with Crippen molar-refractivity contribution in [3.63, 3.8) is 0 Å². The number of Topliss-reactive ketones (excluding diaryl/α,β-unsaturated/α-hetero) is 1. The number of ketones is 1. The average molecular weight is 444 g/mol. The topological polar surface area (TPSA) is 79.7 Å². The normalized spacial score (nSPS) is 19.3. The van der Waals surface area contributed by atoms with Gasteiger partial charge in [0.05, 0.1) is 18.2 Å². The Bertz CT molecular complexity index is 1260. The van der Waals surface area contributed by atoms with Crippen molar-refractivity contribution in [2.45, 2.75) is 25.4 Å². The largest absolute Gasteiger partial charge is 0.507 e. The number of carbonyl (C=O) groups is 2. The van der Waals surface area contributed by atoms with Crippen LogP contribution in [0.4, 0.5) is 4.39 Å². The van der Waals surface area contributed by atoms with Crippen molar-refractivity contribution >= 4 is 17.4 Å². The van der Waals surface area contributed by atoms with E-state index in [1.165, 1.54) is 29.2 Å². The summed E-state index contributed by atoms with van der Waals surface area (Å²) in [5.74, 6) is -1.42. The number of hydrogen-bond donors (Lipinski definition) is 1. The van der Waals surface area contributed by atoms with Gasteiger partial charge in [-0.05, 0) is 72.0 Å². The lowest BCUT2D eigenvalue weighted by Crippen LogP contribution is -2.29. The molecule has 0 aliphatic carbocycles. The predicted octanol–water partition coefficient (Wildman–Crippen LogP) is 4.17. The third-order valence-electron chi connectivity index (χ3n) is 6.01. The minimum atomic E-state index is -0.856. The van der Waals surface area contributed by atoms with Crippen LogP contribution in [-0.2, 0) is 22.6 Å². The van der Waals surface area contributed by atoms with E-state index in [1.807, 2.05) is 0 Å². The molecule has 2 aliphatic rings. The number of likely N-dealkylation sites (tertiary alicyclic amines) is 1. The SMILES string of the molecule is O=C1C(=O)N(Cc2ccncc2)C(c2ccc(F)cc2)/C1=C(/O)c1ccc2c(c1)CCCO2. The second-order valence-electron chi connectivity index (χ2n) is 8.11. The Labute approximate surface area is 190 Å². The fourth-order valence-electron chi connectivity index (χ4n) is 4.38. The lowest BCUT2D eigenvalue weighted by atomic mass is 9.94. The Morgan fingerprint density at radius 1 is 1.09 bits per heavy atom. The van der Waals surface area contributed by atoms with Crippen molar-refractivity contribution in [2.75, 3.05) is 6.61 Å². The molecule has 5 rings (SSSR count). The maximum Gasteiger partial charge on any atom is 0.295 e. The summed E-state index contributed by atoms with van der Waals surface area (Å²) in [5.41, 5.74) is 2.68. The van der Waals surface area contributed by atoms with Crippen LogP contribution in [0, 0.1) is 5.82 Å². The number of benzene rings is 2. The summed E-state index contributed by atoms with van der Waals surface area (Å²) in [5, 5.41) is 11.2. The average Bonchev–Trinajstić information content (AvgIpc) is 3.09. The van der Waals surface area contributed by atoms with Crippen molar-refractivity contribution in [3.05, 3.63) is 101 Å². The highest BCUT2D eigenvalue weighted by atomic mass is 19.1. The highest BCUT2D eigenvalue weighted by Crippen LogP contribution is 2.41. The third kappa shape index (κ3) is 3.86. The molecule has 1 N–H and O–H groups in total. The number of nitrogens with zero attached hydrogens (tertiary/aromatic N) is 2. The van der Waals surface area contributed by atoms with Gasteiger partial charge in [-0.15, -0.1) is 0 Å². The summed E-state index contributed by atoms with van der Waals surface area (Å²) in [6.07, 6.45) is 4.87. The van der Waals surface area contributed by atoms with Gasteiger partial charge >= 0.3 is 0 Å². The molecule has 1 unspecified atom stereocenters. The fourth-order valence-corrected chi connectivity index (χ4v) is 4.38. The minimum Gasteiger partial charge on any atom is -0.507 e. The molecule has 1 aromatic heterocycles. The molecule has 3 aromatic rings. The second kappa shape index (κ2) is 8.50. The van der Waals surface area contributed by atoms with E-state index in [0.29, 0.717) is 17.7 Å². The number of aryl methyl sites for hydroxylation is 1. The molecule has 1 amide bonds. The van der Waals surface area contributed by atoms with Gasteiger partial charge in [0.25, 0.3) is 11.7 Å². The van der Waals surface area contributed by atoms with E-state index in [9.17, 15) is 19.1 Å². The van der Waals surface area contributed by atoms with Gasteiger partial charge in [-0.2, -0.15) is 0 Å². The van der Waals surface area contributed by atoms with E-state index >= 15 is 0 Å². The highest BCUT2D eigenvalue weighted by Gasteiger charge is 2.46. The molecule has 6 nitrogen and oxygen atoms in total. The first kappa shape index (κ1) is 20.9. The van der Waals surface area contributed by atoms with Crippen LogP contribution in [-0.4, -0.2) is 33.3 Å². The molecule has 0 bridgehead atoms. The number of hydrogen-bond acceptors (Lipinski definition) is 5. The molecule has 2 aromatic carbocycles. The Morgan fingerprint density at radius 2 is 1.85 bits per heavy atom. The molecule has 7 heteroatoms. The van der Waals surface area contributed by atoms with Crippen LogP contribution in [0.1, 0.15) is 34.7 Å². The van der Waals surface area contributed by atoms with Crippen LogP contribution >= 0.6 is 0 Å². The number of aliphatic hydroxyl groups excluding tert-OH is 1. The molecule has 3 heterocycles. The number of aromatic nitrogens is 1. The lowest BCUT2D eigenvalue weighted by molar-refractivity contribution is -0.140. The molecule has 1 atom stereocenters. The van der Waals surface area contributed by atoms with Gasteiger partial charge in [0.2, 0.25) is 0 Å². The van der Waals surface area contributed by atoms with E-state index in [1.54, 1.807) is 42.7 Å². The Kier molecular flexibility index (Phi) is 5.38. The Hall–Kier alpha value is -4.00. The van der Waals surface area contributed by atoms with Gasteiger partial charge in [0.15, 0.2) is 0 Å². The number of aliphatic hydroxyl groups is 1.